The minimum absolute atomic E-state index is 0.0259. The van der Waals surface area contributed by atoms with Crippen LogP contribution in [0.1, 0.15) is 40.0 Å². The Morgan fingerprint density at radius 3 is 2.58 bits per heavy atom. The molecule has 2 aliphatic rings. The molecular formula is C14H24N2O2S. The largest absolute Gasteiger partial charge is 0.340 e. The maximum atomic E-state index is 12.7. The van der Waals surface area contributed by atoms with Gasteiger partial charge in [-0.1, -0.05) is 13.8 Å². The molecule has 2 fully saturated rings. The number of hydrogen-bond acceptors (Lipinski definition) is 3. The van der Waals surface area contributed by atoms with Crippen molar-refractivity contribution in [2.24, 2.45) is 5.92 Å². The lowest BCUT2D eigenvalue weighted by Crippen LogP contribution is -2.70. The van der Waals surface area contributed by atoms with Crippen molar-refractivity contribution in [3.63, 3.8) is 0 Å². The molecule has 0 aromatic rings. The Bertz CT molecular complexity index is 370. The van der Waals surface area contributed by atoms with E-state index in [0.717, 1.165) is 24.3 Å². The number of nitrogens with one attached hydrogen (secondary N) is 1. The topological polar surface area (TPSA) is 49.4 Å². The third-order valence-corrected chi connectivity index (χ3v) is 5.11. The number of amides is 2. The van der Waals surface area contributed by atoms with E-state index < -0.39 is 5.54 Å². The zero-order valence-corrected chi connectivity index (χ0v) is 12.9. The number of carbonyl (C=O) groups is 2. The van der Waals surface area contributed by atoms with Crippen LogP contribution in [0.5, 0.6) is 0 Å². The summed E-state index contributed by atoms with van der Waals surface area (Å²) < 4.78 is 0. The molecule has 0 bridgehead atoms. The maximum absolute atomic E-state index is 12.7. The van der Waals surface area contributed by atoms with Gasteiger partial charge in [0.2, 0.25) is 11.8 Å². The monoisotopic (exact) mass is 284 g/mol. The molecule has 1 N–H and O–H groups in total. The fraction of sp³-hybridized carbons (Fsp3) is 0.857. The van der Waals surface area contributed by atoms with E-state index in [0.29, 0.717) is 18.9 Å². The fourth-order valence-electron chi connectivity index (χ4n) is 2.88. The SMILES string of the molecule is CCSCCN1C(=O)C(C)(C2CC2)NC(=O)C1CC. The first-order valence-corrected chi connectivity index (χ1v) is 8.40. The number of thioether (sulfide) groups is 1. The Hall–Kier alpha value is -0.710. The molecule has 19 heavy (non-hydrogen) atoms. The molecule has 0 aromatic heterocycles. The highest BCUT2D eigenvalue weighted by Crippen LogP contribution is 2.42. The Kier molecular flexibility index (Phi) is 4.43. The Labute approximate surface area is 119 Å². The molecule has 0 aromatic carbocycles. The second-order valence-electron chi connectivity index (χ2n) is 5.59. The van der Waals surface area contributed by atoms with Gasteiger partial charge in [-0.2, -0.15) is 11.8 Å². The first-order valence-electron chi connectivity index (χ1n) is 7.25. The van der Waals surface area contributed by atoms with Crippen molar-refractivity contribution in [3.8, 4) is 0 Å². The molecule has 1 saturated heterocycles. The minimum atomic E-state index is -0.653. The molecule has 2 atom stereocenters. The van der Waals surface area contributed by atoms with Crippen LogP contribution in [0.15, 0.2) is 0 Å². The molecule has 2 rings (SSSR count). The first-order chi connectivity index (χ1) is 9.04. The molecule has 108 valence electrons. The smallest absolute Gasteiger partial charge is 0.249 e. The third-order valence-electron chi connectivity index (χ3n) is 4.23. The van der Waals surface area contributed by atoms with E-state index in [1.54, 1.807) is 0 Å². The Morgan fingerprint density at radius 1 is 1.37 bits per heavy atom. The van der Waals surface area contributed by atoms with Crippen molar-refractivity contribution >= 4 is 23.6 Å². The van der Waals surface area contributed by atoms with E-state index in [1.165, 1.54) is 0 Å². The summed E-state index contributed by atoms with van der Waals surface area (Å²) in [6.45, 7) is 6.67. The standard InChI is InChI=1S/C14H24N2O2S/c1-4-11-12(17)15-14(3,10-6-7-10)13(18)16(11)8-9-19-5-2/h10-11H,4-9H2,1-3H3,(H,15,17). The predicted octanol–water partition coefficient (Wildman–Crippen LogP) is 1.65. The quantitative estimate of drug-likeness (QED) is 0.755. The van der Waals surface area contributed by atoms with Crippen LogP contribution in [-0.2, 0) is 9.59 Å². The van der Waals surface area contributed by atoms with Crippen LogP contribution in [0.2, 0.25) is 0 Å². The fourth-order valence-corrected chi connectivity index (χ4v) is 3.50. The number of hydrogen-bond donors (Lipinski definition) is 1. The van der Waals surface area contributed by atoms with Crippen LogP contribution in [0.3, 0.4) is 0 Å². The molecule has 2 amide bonds. The Balaban J connectivity index is 2.14. The summed E-state index contributed by atoms with van der Waals surface area (Å²) in [4.78, 5) is 26.8. The van der Waals surface area contributed by atoms with Gasteiger partial charge >= 0.3 is 0 Å². The lowest BCUT2D eigenvalue weighted by atomic mass is 9.89. The van der Waals surface area contributed by atoms with E-state index in [1.807, 2.05) is 30.5 Å². The molecule has 1 saturated carbocycles. The number of piperazine rings is 1. The Morgan fingerprint density at radius 2 is 2.05 bits per heavy atom. The van der Waals surface area contributed by atoms with E-state index in [-0.39, 0.29) is 17.9 Å². The molecule has 4 nitrogen and oxygen atoms in total. The van der Waals surface area contributed by atoms with Gasteiger partial charge in [-0.25, -0.2) is 0 Å². The lowest BCUT2D eigenvalue weighted by molar-refractivity contribution is -0.155. The van der Waals surface area contributed by atoms with Gasteiger partial charge in [0, 0.05) is 12.3 Å². The van der Waals surface area contributed by atoms with Crippen LogP contribution >= 0.6 is 11.8 Å². The number of carbonyl (C=O) groups excluding carboxylic acids is 2. The molecule has 1 aliphatic carbocycles. The molecule has 1 heterocycles. The van der Waals surface area contributed by atoms with Gasteiger partial charge in [-0.3, -0.25) is 9.59 Å². The summed E-state index contributed by atoms with van der Waals surface area (Å²) in [6, 6.07) is -0.281. The van der Waals surface area contributed by atoms with Gasteiger partial charge in [0.05, 0.1) is 0 Å². The van der Waals surface area contributed by atoms with Crippen molar-refractivity contribution in [1.82, 2.24) is 10.2 Å². The normalized spacial score (nSPS) is 31.5. The zero-order chi connectivity index (χ0) is 14.0. The molecule has 5 heteroatoms. The second kappa shape index (κ2) is 5.73. The van der Waals surface area contributed by atoms with Gasteiger partial charge in [0.1, 0.15) is 11.6 Å². The van der Waals surface area contributed by atoms with Gasteiger partial charge in [0.15, 0.2) is 0 Å². The van der Waals surface area contributed by atoms with E-state index in [2.05, 4.69) is 12.2 Å². The summed E-state index contributed by atoms with van der Waals surface area (Å²) in [5.41, 5.74) is -0.653. The summed E-state index contributed by atoms with van der Waals surface area (Å²) in [5, 5.41) is 2.99. The van der Waals surface area contributed by atoms with Crippen LogP contribution in [0, 0.1) is 5.92 Å². The zero-order valence-electron chi connectivity index (χ0n) is 12.1. The maximum Gasteiger partial charge on any atom is 0.249 e. The summed E-state index contributed by atoms with van der Waals surface area (Å²) >= 11 is 1.82. The average Bonchev–Trinajstić information content (AvgIpc) is 3.20. The number of nitrogens with zero attached hydrogens (tertiary/aromatic N) is 1. The van der Waals surface area contributed by atoms with Crippen molar-refractivity contribution in [2.45, 2.75) is 51.6 Å². The van der Waals surface area contributed by atoms with Crippen LogP contribution in [0.4, 0.5) is 0 Å². The predicted molar refractivity (Wildman–Crippen MR) is 78.1 cm³/mol. The molecule has 0 radical (unpaired) electrons. The highest BCUT2D eigenvalue weighted by Gasteiger charge is 2.54. The van der Waals surface area contributed by atoms with Gasteiger partial charge in [-0.05, 0) is 37.9 Å². The molecular weight excluding hydrogens is 260 g/mol. The van der Waals surface area contributed by atoms with Crippen molar-refractivity contribution in [3.05, 3.63) is 0 Å². The summed E-state index contributed by atoms with van der Waals surface area (Å²) in [6.07, 6.45) is 2.79. The van der Waals surface area contributed by atoms with Crippen molar-refractivity contribution < 1.29 is 9.59 Å². The minimum Gasteiger partial charge on any atom is -0.340 e. The summed E-state index contributed by atoms with van der Waals surface area (Å²) in [7, 11) is 0. The summed E-state index contributed by atoms with van der Waals surface area (Å²) in [5.74, 6) is 2.44. The second-order valence-corrected chi connectivity index (χ2v) is 6.98. The average molecular weight is 284 g/mol. The molecule has 2 unspecified atom stereocenters. The van der Waals surface area contributed by atoms with Gasteiger partial charge in [-0.15, -0.1) is 0 Å². The molecule has 0 spiro atoms. The van der Waals surface area contributed by atoms with E-state index >= 15 is 0 Å². The van der Waals surface area contributed by atoms with Gasteiger partial charge in [0.25, 0.3) is 0 Å². The van der Waals surface area contributed by atoms with Crippen LogP contribution in [0.25, 0.3) is 0 Å². The van der Waals surface area contributed by atoms with E-state index in [9.17, 15) is 9.59 Å². The van der Waals surface area contributed by atoms with Crippen molar-refractivity contribution in [1.29, 1.82) is 0 Å². The highest BCUT2D eigenvalue weighted by molar-refractivity contribution is 7.99. The van der Waals surface area contributed by atoms with E-state index in [4.69, 9.17) is 0 Å². The molecule has 1 aliphatic heterocycles. The van der Waals surface area contributed by atoms with Gasteiger partial charge < -0.3 is 10.2 Å². The van der Waals surface area contributed by atoms with Crippen molar-refractivity contribution in [2.75, 3.05) is 18.1 Å². The highest BCUT2D eigenvalue weighted by atomic mass is 32.2. The van der Waals surface area contributed by atoms with Crippen LogP contribution in [-0.4, -0.2) is 46.3 Å². The number of rotatable bonds is 6. The third kappa shape index (κ3) is 2.76. The lowest BCUT2D eigenvalue weighted by Gasteiger charge is -2.44. The first kappa shape index (κ1) is 14.7. The van der Waals surface area contributed by atoms with Crippen LogP contribution < -0.4 is 5.32 Å².